The van der Waals surface area contributed by atoms with Crippen molar-refractivity contribution in [3.05, 3.63) is 65.5 Å². The molecule has 104 valence electrons. The van der Waals surface area contributed by atoms with E-state index in [4.69, 9.17) is 16.3 Å². The maximum Gasteiger partial charge on any atom is 0.152 e. The molecule has 2 aromatic rings. The number of pyridine rings is 1. The Balaban J connectivity index is 1.98. The Hall–Kier alpha value is -2.00. The average molecular weight is 289 g/mol. The summed E-state index contributed by atoms with van der Waals surface area (Å²) in [7, 11) is 0. The van der Waals surface area contributed by atoms with Crippen LogP contribution in [0.5, 0.6) is 5.75 Å². The molecule has 1 heterocycles. The van der Waals surface area contributed by atoms with E-state index in [0.29, 0.717) is 18.3 Å². The second-order valence-corrected chi connectivity index (χ2v) is 4.75. The van der Waals surface area contributed by atoms with E-state index in [1.54, 1.807) is 12.3 Å². The fourth-order valence-corrected chi connectivity index (χ4v) is 2.06. The number of hydrogen-bond donors (Lipinski definition) is 1. The van der Waals surface area contributed by atoms with Crippen molar-refractivity contribution in [1.82, 2.24) is 4.98 Å². The summed E-state index contributed by atoms with van der Waals surface area (Å²) >= 11 is 6.08. The molecule has 0 aliphatic rings. The smallest absolute Gasteiger partial charge is 0.152 e. The van der Waals surface area contributed by atoms with Crippen molar-refractivity contribution in [2.45, 2.75) is 13.5 Å². The third-order valence-electron chi connectivity index (χ3n) is 2.87. The topological polar surface area (TPSA) is 34.1 Å². The fraction of sp³-hybridized carbons (Fsp3) is 0.188. The van der Waals surface area contributed by atoms with Crippen LogP contribution in [0.25, 0.3) is 0 Å². The van der Waals surface area contributed by atoms with Crippen LogP contribution in [0.2, 0.25) is 5.15 Å². The van der Waals surface area contributed by atoms with Crippen LogP contribution in [0.15, 0.2) is 49.2 Å². The second-order valence-electron chi connectivity index (χ2n) is 4.39. The molecule has 4 heteroatoms. The second kappa shape index (κ2) is 6.96. The molecule has 20 heavy (non-hydrogen) atoms. The third kappa shape index (κ3) is 3.75. The maximum absolute atomic E-state index is 6.08. The summed E-state index contributed by atoms with van der Waals surface area (Å²) in [6.45, 7) is 6.83. The summed E-state index contributed by atoms with van der Waals surface area (Å²) in [5.74, 6) is 0.837. The van der Waals surface area contributed by atoms with Crippen LogP contribution >= 0.6 is 11.6 Å². The number of anilines is 1. The summed E-state index contributed by atoms with van der Waals surface area (Å²) in [5.41, 5.74) is 3.10. The zero-order chi connectivity index (χ0) is 14.4. The lowest BCUT2D eigenvalue weighted by molar-refractivity contribution is 0.363. The van der Waals surface area contributed by atoms with Crippen molar-refractivity contribution in [2.75, 3.05) is 11.9 Å². The molecule has 1 N–H and O–H groups in total. The summed E-state index contributed by atoms with van der Waals surface area (Å²) < 4.78 is 5.44. The van der Waals surface area contributed by atoms with Gasteiger partial charge in [-0.3, -0.25) is 0 Å². The van der Waals surface area contributed by atoms with E-state index >= 15 is 0 Å². The van der Waals surface area contributed by atoms with Gasteiger partial charge < -0.3 is 10.1 Å². The lowest BCUT2D eigenvalue weighted by Gasteiger charge is -2.11. The number of aromatic nitrogens is 1. The number of rotatable bonds is 6. The lowest BCUT2D eigenvalue weighted by Crippen LogP contribution is -2.02. The van der Waals surface area contributed by atoms with Gasteiger partial charge in [0.1, 0.15) is 12.4 Å². The van der Waals surface area contributed by atoms with Gasteiger partial charge in [0.15, 0.2) is 5.15 Å². The number of ether oxygens (including phenoxy) is 1. The maximum atomic E-state index is 6.08. The van der Waals surface area contributed by atoms with Gasteiger partial charge >= 0.3 is 0 Å². The average Bonchev–Trinajstić information content (AvgIpc) is 2.46. The van der Waals surface area contributed by atoms with Crippen molar-refractivity contribution in [1.29, 1.82) is 0 Å². The molecule has 3 nitrogen and oxygen atoms in total. The molecular weight excluding hydrogens is 272 g/mol. The van der Waals surface area contributed by atoms with Gasteiger partial charge in [-0.25, -0.2) is 4.98 Å². The van der Waals surface area contributed by atoms with Gasteiger partial charge in [0.2, 0.25) is 0 Å². The summed E-state index contributed by atoms with van der Waals surface area (Å²) in [6, 6.07) is 9.85. The van der Waals surface area contributed by atoms with E-state index in [2.05, 4.69) is 16.9 Å². The van der Waals surface area contributed by atoms with Crippen LogP contribution in [-0.4, -0.2) is 11.6 Å². The minimum absolute atomic E-state index is 0.496. The molecule has 0 radical (unpaired) electrons. The Kier molecular flexibility index (Phi) is 5.02. The highest BCUT2D eigenvalue weighted by molar-refractivity contribution is 6.32. The summed E-state index contributed by atoms with van der Waals surface area (Å²) in [6.07, 6.45) is 3.43. The van der Waals surface area contributed by atoms with Gasteiger partial charge in [-0.1, -0.05) is 36.4 Å². The fourth-order valence-electron chi connectivity index (χ4n) is 1.79. The molecule has 1 aromatic carbocycles. The first-order chi connectivity index (χ1) is 9.70. The zero-order valence-electron chi connectivity index (χ0n) is 11.4. The Morgan fingerprint density at radius 2 is 2.05 bits per heavy atom. The number of aryl methyl sites for hydroxylation is 1. The first-order valence-corrected chi connectivity index (χ1v) is 6.76. The molecule has 0 atom stereocenters. The number of nitrogens with zero attached hydrogens (tertiary/aromatic N) is 1. The van der Waals surface area contributed by atoms with E-state index in [9.17, 15) is 0 Å². The third-order valence-corrected chi connectivity index (χ3v) is 3.16. The lowest BCUT2D eigenvalue weighted by atomic mass is 10.2. The normalized spacial score (nSPS) is 10.1. The molecule has 0 spiro atoms. The van der Waals surface area contributed by atoms with Crippen LogP contribution in [0.1, 0.15) is 11.1 Å². The first kappa shape index (κ1) is 14.4. The SMILES string of the molecule is C=CCOc1ccc(CNc2c(C)ccnc2Cl)cc1. The van der Waals surface area contributed by atoms with Crippen molar-refractivity contribution < 1.29 is 4.74 Å². The largest absolute Gasteiger partial charge is 0.490 e. The number of nitrogens with one attached hydrogen (secondary N) is 1. The quantitative estimate of drug-likeness (QED) is 0.638. The highest BCUT2D eigenvalue weighted by atomic mass is 35.5. The highest BCUT2D eigenvalue weighted by Crippen LogP contribution is 2.23. The molecule has 0 saturated heterocycles. The highest BCUT2D eigenvalue weighted by Gasteiger charge is 2.04. The number of halogens is 1. The number of hydrogen-bond acceptors (Lipinski definition) is 3. The molecule has 0 saturated carbocycles. The molecule has 0 bridgehead atoms. The van der Waals surface area contributed by atoms with Gasteiger partial charge in [0.05, 0.1) is 5.69 Å². The van der Waals surface area contributed by atoms with Crippen molar-refractivity contribution in [3.63, 3.8) is 0 Å². The molecule has 1 aromatic heterocycles. The molecular formula is C16H17ClN2O. The van der Waals surface area contributed by atoms with Gasteiger partial charge in [-0.2, -0.15) is 0 Å². The molecule has 2 rings (SSSR count). The Bertz CT molecular complexity index is 561. The molecule has 0 aliphatic heterocycles. The van der Waals surface area contributed by atoms with Gasteiger partial charge in [-0.15, -0.1) is 0 Å². The van der Waals surface area contributed by atoms with Crippen molar-refractivity contribution in [2.24, 2.45) is 0 Å². The minimum atomic E-state index is 0.496. The van der Waals surface area contributed by atoms with Gasteiger partial charge in [0, 0.05) is 12.7 Å². The summed E-state index contributed by atoms with van der Waals surface area (Å²) in [5, 5.41) is 3.80. The van der Waals surface area contributed by atoms with E-state index < -0.39 is 0 Å². The van der Waals surface area contributed by atoms with Crippen LogP contribution in [0.4, 0.5) is 5.69 Å². The van der Waals surface area contributed by atoms with Crippen LogP contribution in [-0.2, 0) is 6.54 Å². The van der Waals surface area contributed by atoms with Crippen LogP contribution < -0.4 is 10.1 Å². The molecule has 0 unspecified atom stereocenters. The Morgan fingerprint density at radius 3 is 2.70 bits per heavy atom. The van der Waals surface area contributed by atoms with E-state index in [1.807, 2.05) is 37.3 Å². The minimum Gasteiger partial charge on any atom is -0.490 e. The zero-order valence-corrected chi connectivity index (χ0v) is 12.2. The van der Waals surface area contributed by atoms with Crippen molar-refractivity contribution in [3.8, 4) is 5.75 Å². The van der Waals surface area contributed by atoms with E-state index in [0.717, 1.165) is 22.6 Å². The number of benzene rings is 1. The van der Waals surface area contributed by atoms with E-state index in [-0.39, 0.29) is 0 Å². The monoisotopic (exact) mass is 288 g/mol. The van der Waals surface area contributed by atoms with Crippen LogP contribution in [0.3, 0.4) is 0 Å². The first-order valence-electron chi connectivity index (χ1n) is 6.38. The Labute approximate surface area is 124 Å². The van der Waals surface area contributed by atoms with Gasteiger partial charge in [0.25, 0.3) is 0 Å². The molecule has 0 fully saturated rings. The summed E-state index contributed by atoms with van der Waals surface area (Å²) in [4.78, 5) is 4.07. The van der Waals surface area contributed by atoms with E-state index in [1.165, 1.54) is 0 Å². The predicted molar refractivity (Wildman–Crippen MR) is 83.4 cm³/mol. The molecule has 0 amide bonds. The Morgan fingerprint density at radius 1 is 1.30 bits per heavy atom. The van der Waals surface area contributed by atoms with Gasteiger partial charge in [-0.05, 0) is 36.2 Å². The van der Waals surface area contributed by atoms with Crippen molar-refractivity contribution >= 4 is 17.3 Å². The van der Waals surface area contributed by atoms with Crippen LogP contribution in [0, 0.1) is 6.92 Å². The predicted octanol–water partition coefficient (Wildman–Crippen LogP) is 4.22. The standard InChI is InChI=1S/C16H17ClN2O/c1-3-10-20-14-6-4-13(5-7-14)11-19-15-12(2)8-9-18-16(15)17/h3-9,19H,1,10-11H2,2H3. The molecule has 0 aliphatic carbocycles.